The maximum atomic E-state index is 10.7. The van der Waals surface area contributed by atoms with Gasteiger partial charge in [0.15, 0.2) is 0 Å². The summed E-state index contributed by atoms with van der Waals surface area (Å²) in [7, 11) is 0. The predicted molar refractivity (Wildman–Crippen MR) is 64.5 cm³/mol. The minimum atomic E-state index is -0.762. The first-order valence-corrected chi connectivity index (χ1v) is 5.63. The molecule has 1 unspecified atom stereocenters. The molecule has 0 saturated heterocycles. The van der Waals surface area contributed by atoms with Crippen LogP contribution >= 0.6 is 0 Å². The topological polar surface area (TPSA) is 40.5 Å². The molecular weight excluding hydrogens is 202 g/mol. The van der Waals surface area contributed by atoms with Crippen LogP contribution in [0.15, 0.2) is 30.3 Å². The summed E-state index contributed by atoms with van der Waals surface area (Å²) in [6.45, 7) is 4.94. The quantitative estimate of drug-likeness (QED) is 0.799. The van der Waals surface area contributed by atoms with Gasteiger partial charge in [-0.2, -0.15) is 0 Å². The Morgan fingerprint density at radius 3 is 2.50 bits per heavy atom. The Balaban J connectivity index is 2.55. The molecule has 1 atom stereocenters. The summed E-state index contributed by atoms with van der Waals surface area (Å²) in [6.07, 6.45) is 0.891. The molecule has 0 aliphatic heterocycles. The van der Waals surface area contributed by atoms with Gasteiger partial charge in [-0.3, -0.25) is 9.69 Å². The number of aliphatic carboxylic acids is 1. The number of hydrogen-bond acceptors (Lipinski definition) is 2. The normalized spacial score (nSPS) is 12.7. The number of benzene rings is 1. The van der Waals surface area contributed by atoms with Crippen LogP contribution in [0.5, 0.6) is 0 Å². The average molecular weight is 221 g/mol. The van der Waals surface area contributed by atoms with Gasteiger partial charge in [0, 0.05) is 6.04 Å². The fourth-order valence-electron chi connectivity index (χ4n) is 1.84. The lowest BCUT2D eigenvalue weighted by Gasteiger charge is -2.26. The SMILES string of the molecule is CCN(CC(=O)O)C(C)Cc1ccccc1. The second-order valence-electron chi connectivity index (χ2n) is 4.00. The average Bonchev–Trinajstić information content (AvgIpc) is 2.26. The third-order valence-electron chi connectivity index (χ3n) is 2.74. The lowest BCUT2D eigenvalue weighted by Crippen LogP contribution is -2.38. The van der Waals surface area contributed by atoms with Gasteiger partial charge in [0.1, 0.15) is 0 Å². The van der Waals surface area contributed by atoms with Crippen molar-refractivity contribution in [3.8, 4) is 0 Å². The van der Waals surface area contributed by atoms with Gasteiger partial charge in [-0.05, 0) is 25.5 Å². The molecule has 0 bridgehead atoms. The molecule has 0 heterocycles. The number of likely N-dealkylation sites (N-methyl/N-ethyl adjacent to an activating group) is 1. The Bertz CT molecular complexity index is 324. The molecule has 0 amide bonds. The van der Waals surface area contributed by atoms with Gasteiger partial charge in [0.05, 0.1) is 6.54 Å². The smallest absolute Gasteiger partial charge is 0.317 e. The van der Waals surface area contributed by atoms with Crippen molar-refractivity contribution in [2.45, 2.75) is 26.3 Å². The molecule has 3 nitrogen and oxygen atoms in total. The molecule has 0 radical (unpaired) electrons. The molecule has 1 rings (SSSR count). The third kappa shape index (κ3) is 4.03. The van der Waals surface area contributed by atoms with Gasteiger partial charge in [-0.15, -0.1) is 0 Å². The Labute approximate surface area is 96.7 Å². The zero-order valence-electron chi connectivity index (χ0n) is 9.89. The van der Waals surface area contributed by atoms with Crippen LogP contribution in [0.4, 0.5) is 0 Å². The molecule has 0 aliphatic rings. The van der Waals surface area contributed by atoms with E-state index in [0.717, 1.165) is 13.0 Å². The summed E-state index contributed by atoms with van der Waals surface area (Å²) in [5.41, 5.74) is 1.25. The molecule has 1 N–H and O–H groups in total. The number of rotatable bonds is 6. The summed E-state index contributed by atoms with van der Waals surface area (Å²) < 4.78 is 0. The summed E-state index contributed by atoms with van der Waals surface area (Å²) in [4.78, 5) is 12.7. The number of carboxylic acids is 1. The molecule has 0 spiro atoms. The molecule has 1 aromatic rings. The standard InChI is InChI=1S/C13H19NO2/c1-3-14(10-13(15)16)11(2)9-12-7-5-4-6-8-12/h4-8,11H,3,9-10H2,1-2H3,(H,15,16). The lowest BCUT2D eigenvalue weighted by atomic mass is 10.1. The van der Waals surface area contributed by atoms with E-state index in [1.54, 1.807) is 0 Å². The van der Waals surface area contributed by atoms with E-state index in [4.69, 9.17) is 5.11 Å². The van der Waals surface area contributed by atoms with Crippen molar-refractivity contribution >= 4 is 5.97 Å². The van der Waals surface area contributed by atoms with Crippen LogP contribution in [-0.2, 0) is 11.2 Å². The van der Waals surface area contributed by atoms with Gasteiger partial charge in [0.25, 0.3) is 0 Å². The van der Waals surface area contributed by atoms with E-state index in [1.165, 1.54) is 5.56 Å². The van der Waals surface area contributed by atoms with Gasteiger partial charge in [-0.25, -0.2) is 0 Å². The highest BCUT2D eigenvalue weighted by Gasteiger charge is 2.15. The molecule has 16 heavy (non-hydrogen) atoms. The van der Waals surface area contributed by atoms with Crippen LogP contribution in [0.2, 0.25) is 0 Å². The number of hydrogen-bond donors (Lipinski definition) is 1. The second-order valence-corrected chi connectivity index (χ2v) is 4.00. The zero-order chi connectivity index (χ0) is 12.0. The van der Waals surface area contributed by atoms with Crippen LogP contribution in [0, 0.1) is 0 Å². The third-order valence-corrected chi connectivity index (χ3v) is 2.74. The van der Waals surface area contributed by atoms with E-state index in [9.17, 15) is 4.79 Å². The minimum Gasteiger partial charge on any atom is -0.480 e. The molecule has 0 saturated carbocycles. The van der Waals surface area contributed by atoms with Crippen LogP contribution < -0.4 is 0 Å². The number of carbonyl (C=O) groups is 1. The zero-order valence-corrected chi connectivity index (χ0v) is 9.89. The fourth-order valence-corrected chi connectivity index (χ4v) is 1.84. The van der Waals surface area contributed by atoms with E-state index < -0.39 is 5.97 Å². The molecule has 1 aromatic carbocycles. The van der Waals surface area contributed by atoms with Crippen molar-refractivity contribution in [1.82, 2.24) is 4.90 Å². The Hall–Kier alpha value is -1.35. The maximum Gasteiger partial charge on any atom is 0.317 e. The molecular formula is C13H19NO2. The van der Waals surface area contributed by atoms with Gasteiger partial charge < -0.3 is 5.11 Å². The van der Waals surface area contributed by atoms with Crippen LogP contribution in [0.3, 0.4) is 0 Å². The molecule has 0 aliphatic carbocycles. The fraction of sp³-hybridized carbons (Fsp3) is 0.462. The number of carboxylic acid groups (broad SMARTS) is 1. The largest absolute Gasteiger partial charge is 0.480 e. The highest BCUT2D eigenvalue weighted by Crippen LogP contribution is 2.08. The van der Waals surface area contributed by atoms with Crippen molar-refractivity contribution in [2.75, 3.05) is 13.1 Å². The monoisotopic (exact) mass is 221 g/mol. The Kier molecular flexibility index (Phi) is 4.99. The summed E-state index contributed by atoms with van der Waals surface area (Å²) in [6, 6.07) is 10.4. The highest BCUT2D eigenvalue weighted by molar-refractivity contribution is 5.69. The Morgan fingerprint density at radius 2 is 2.00 bits per heavy atom. The highest BCUT2D eigenvalue weighted by atomic mass is 16.4. The second kappa shape index (κ2) is 6.28. The van der Waals surface area contributed by atoms with Crippen LogP contribution in [0.1, 0.15) is 19.4 Å². The Morgan fingerprint density at radius 1 is 1.38 bits per heavy atom. The first kappa shape index (κ1) is 12.7. The molecule has 0 aromatic heterocycles. The van der Waals surface area contributed by atoms with Crippen molar-refractivity contribution < 1.29 is 9.90 Å². The van der Waals surface area contributed by atoms with Crippen molar-refractivity contribution in [2.24, 2.45) is 0 Å². The van der Waals surface area contributed by atoms with E-state index in [-0.39, 0.29) is 12.6 Å². The molecule has 3 heteroatoms. The summed E-state index contributed by atoms with van der Waals surface area (Å²) in [5.74, 6) is -0.762. The summed E-state index contributed by atoms with van der Waals surface area (Å²) in [5, 5.41) is 8.79. The van der Waals surface area contributed by atoms with Gasteiger partial charge >= 0.3 is 5.97 Å². The van der Waals surface area contributed by atoms with E-state index >= 15 is 0 Å². The van der Waals surface area contributed by atoms with Crippen molar-refractivity contribution in [3.05, 3.63) is 35.9 Å². The first-order valence-electron chi connectivity index (χ1n) is 5.63. The predicted octanol–water partition coefficient (Wildman–Crippen LogP) is 2.02. The first-order chi connectivity index (χ1) is 7.63. The minimum absolute atomic E-state index is 0.116. The van der Waals surface area contributed by atoms with E-state index in [0.29, 0.717) is 0 Å². The molecule has 0 fully saturated rings. The van der Waals surface area contributed by atoms with Crippen molar-refractivity contribution in [3.63, 3.8) is 0 Å². The van der Waals surface area contributed by atoms with Gasteiger partial charge in [-0.1, -0.05) is 37.3 Å². The van der Waals surface area contributed by atoms with Crippen LogP contribution in [-0.4, -0.2) is 35.1 Å². The summed E-state index contributed by atoms with van der Waals surface area (Å²) >= 11 is 0. The van der Waals surface area contributed by atoms with E-state index in [2.05, 4.69) is 19.1 Å². The van der Waals surface area contributed by atoms with E-state index in [1.807, 2.05) is 30.0 Å². The lowest BCUT2D eigenvalue weighted by molar-refractivity contribution is -0.138. The molecule has 88 valence electrons. The maximum absolute atomic E-state index is 10.7. The number of nitrogens with zero attached hydrogens (tertiary/aromatic N) is 1. The van der Waals surface area contributed by atoms with Crippen molar-refractivity contribution in [1.29, 1.82) is 0 Å². The van der Waals surface area contributed by atoms with Crippen LogP contribution in [0.25, 0.3) is 0 Å². The van der Waals surface area contributed by atoms with Gasteiger partial charge in [0.2, 0.25) is 0 Å².